The second-order valence-electron chi connectivity index (χ2n) is 5.08. The van der Waals surface area contributed by atoms with Gasteiger partial charge >= 0.3 is 0 Å². The molecule has 0 saturated heterocycles. The van der Waals surface area contributed by atoms with Crippen LogP contribution in [0.1, 0.15) is 41.3 Å². The van der Waals surface area contributed by atoms with Gasteiger partial charge in [0.2, 0.25) is 0 Å². The summed E-state index contributed by atoms with van der Waals surface area (Å²) in [5.41, 5.74) is 0.899. The van der Waals surface area contributed by atoms with Gasteiger partial charge in [0.1, 0.15) is 5.75 Å². The van der Waals surface area contributed by atoms with E-state index in [-0.39, 0.29) is 6.04 Å². The number of thiophene rings is 1. The van der Waals surface area contributed by atoms with Crippen LogP contribution in [0.25, 0.3) is 0 Å². The lowest BCUT2D eigenvalue weighted by atomic mass is 10.1. The number of rotatable bonds is 7. The highest BCUT2D eigenvalue weighted by atomic mass is 32.1. The van der Waals surface area contributed by atoms with E-state index >= 15 is 0 Å². The number of aliphatic hydroxyl groups is 1. The maximum absolute atomic E-state index is 10.2. The number of aryl methyl sites for hydroxylation is 1. The van der Waals surface area contributed by atoms with E-state index in [4.69, 9.17) is 4.74 Å². The van der Waals surface area contributed by atoms with Crippen LogP contribution in [0.5, 0.6) is 5.75 Å². The third-order valence-corrected chi connectivity index (χ3v) is 4.99. The van der Waals surface area contributed by atoms with Crippen molar-refractivity contribution in [3.63, 3.8) is 0 Å². The summed E-state index contributed by atoms with van der Waals surface area (Å²) in [5.74, 6) is 0.804. The average molecular weight is 305 g/mol. The molecule has 114 valence electrons. The molecule has 0 amide bonds. The van der Waals surface area contributed by atoms with Crippen molar-refractivity contribution in [1.29, 1.82) is 0 Å². The molecule has 1 aromatic heterocycles. The van der Waals surface area contributed by atoms with Crippen molar-refractivity contribution in [2.24, 2.45) is 0 Å². The Bertz CT molecular complexity index is 550. The summed E-state index contributed by atoms with van der Waals surface area (Å²) < 4.78 is 5.12. The first-order valence-electron chi connectivity index (χ1n) is 7.28. The van der Waals surface area contributed by atoms with E-state index in [9.17, 15) is 5.11 Å². The Morgan fingerprint density at radius 3 is 2.48 bits per heavy atom. The van der Waals surface area contributed by atoms with Crippen molar-refractivity contribution in [3.8, 4) is 5.75 Å². The lowest BCUT2D eigenvalue weighted by Crippen LogP contribution is -2.24. The summed E-state index contributed by atoms with van der Waals surface area (Å²) in [7, 11) is 1.64. The maximum Gasteiger partial charge on any atom is 0.118 e. The second-order valence-corrected chi connectivity index (χ2v) is 6.28. The standard InChI is InChI=1S/C17H23NO2S/c1-4-15-9-10-17(21-15)12(2)18-11-16(19)13-5-7-14(20-3)8-6-13/h5-10,12,16,18-19H,4,11H2,1-3H3. The van der Waals surface area contributed by atoms with Gasteiger partial charge in [-0.15, -0.1) is 11.3 Å². The highest BCUT2D eigenvalue weighted by molar-refractivity contribution is 7.12. The fraction of sp³-hybridized carbons (Fsp3) is 0.412. The van der Waals surface area contributed by atoms with Crippen LogP contribution in [0.4, 0.5) is 0 Å². The van der Waals surface area contributed by atoms with E-state index < -0.39 is 6.10 Å². The maximum atomic E-state index is 10.2. The molecule has 3 nitrogen and oxygen atoms in total. The first-order chi connectivity index (χ1) is 10.1. The molecule has 2 N–H and O–H groups in total. The van der Waals surface area contributed by atoms with E-state index in [1.807, 2.05) is 35.6 Å². The zero-order valence-electron chi connectivity index (χ0n) is 12.8. The molecule has 0 aliphatic rings. The SMILES string of the molecule is CCc1ccc(C(C)NCC(O)c2ccc(OC)cc2)s1. The minimum atomic E-state index is -0.510. The molecule has 0 radical (unpaired) electrons. The number of hydrogen-bond donors (Lipinski definition) is 2. The Morgan fingerprint density at radius 2 is 1.90 bits per heavy atom. The summed E-state index contributed by atoms with van der Waals surface area (Å²) in [6.07, 6.45) is 0.565. The molecule has 2 aromatic rings. The van der Waals surface area contributed by atoms with Crippen LogP contribution in [0.3, 0.4) is 0 Å². The summed E-state index contributed by atoms with van der Waals surface area (Å²) in [5, 5.41) is 13.6. The molecule has 2 unspecified atom stereocenters. The highest BCUT2D eigenvalue weighted by Gasteiger charge is 2.12. The fourth-order valence-corrected chi connectivity index (χ4v) is 3.13. The van der Waals surface area contributed by atoms with E-state index in [0.29, 0.717) is 6.54 Å². The topological polar surface area (TPSA) is 41.5 Å². The minimum Gasteiger partial charge on any atom is -0.497 e. The number of ether oxygens (including phenoxy) is 1. The van der Waals surface area contributed by atoms with Gasteiger partial charge in [-0.25, -0.2) is 0 Å². The van der Waals surface area contributed by atoms with Crippen molar-refractivity contribution in [2.75, 3.05) is 13.7 Å². The molecule has 0 fully saturated rings. The predicted molar refractivity (Wildman–Crippen MR) is 88.1 cm³/mol. The molecule has 0 aliphatic carbocycles. The quantitative estimate of drug-likeness (QED) is 0.819. The van der Waals surface area contributed by atoms with Crippen molar-refractivity contribution >= 4 is 11.3 Å². The number of benzene rings is 1. The number of nitrogens with one attached hydrogen (secondary N) is 1. The second kappa shape index (κ2) is 7.59. The van der Waals surface area contributed by atoms with E-state index in [0.717, 1.165) is 17.7 Å². The van der Waals surface area contributed by atoms with Crippen LogP contribution in [0.2, 0.25) is 0 Å². The number of methoxy groups -OCH3 is 1. The summed E-state index contributed by atoms with van der Waals surface area (Å²) in [4.78, 5) is 2.71. The minimum absolute atomic E-state index is 0.253. The Hall–Kier alpha value is -1.36. The van der Waals surface area contributed by atoms with E-state index in [1.165, 1.54) is 9.75 Å². The Labute approximate surface area is 130 Å². The van der Waals surface area contributed by atoms with Crippen molar-refractivity contribution in [3.05, 3.63) is 51.7 Å². The molecule has 0 saturated carbocycles. The van der Waals surface area contributed by atoms with Gasteiger partial charge in [-0.05, 0) is 43.2 Å². The normalized spacial score (nSPS) is 13.9. The smallest absolute Gasteiger partial charge is 0.118 e. The summed E-state index contributed by atoms with van der Waals surface area (Å²) in [6, 6.07) is 12.1. The average Bonchev–Trinajstić information content (AvgIpc) is 3.01. The fourth-order valence-electron chi connectivity index (χ4n) is 2.15. The third-order valence-electron chi connectivity index (χ3n) is 3.58. The lowest BCUT2D eigenvalue weighted by molar-refractivity contribution is 0.171. The molecule has 21 heavy (non-hydrogen) atoms. The molecular formula is C17H23NO2S. The van der Waals surface area contributed by atoms with Crippen molar-refractivity contribution < 1.29 is 9.84 Å². The number of hydrogen-bond acceptors (Lipinski definition) is 4. The monoisotopic (exact) mass is 305 g/mol. The Kier molecular flexibility index (Phi) is 5.79. The molecule has 0 bridgehead atoms. The predicted octanol–water partition coefficient (Wildman–Crippen LogP) is 3.70. The van der Waals surface area contributed by atoms with Gasteiger partial charge in [-0.2, -0.15) is 0 Å². The molecule has 1 heterocycles. The Balaban J connectivity index is 1.88. The van der Waals surface area contributed by atoms with E-state index in [2.05, 4.69) is 31.3 Å². The van der Waals surface area contributed by atoms with Crippen LogP contribution in [-0.4, -0.2) is 18.8 Å². The molecule has 2 rings (SSSR count). The van der Waals surface area contributed by atoms with Gasteiger partial charge in [-0.1, -0.05) is 19.1 Å². The molecular weight excluding hydrogens is 282 g/mol. The van der Waals surface area contributed by atoms with Crippen LogP contribution < -0.4 is 10.1 Å². The molecule has 0 spiro atoms. The van der Waals surface area contributed by atoms with Crippen LogP contribution >= 0.6 is 11.3 Å². The third kappa shape index (κ3) is 4.30. The summed E-state index contributed by atoms with van der Waals surface area (Å²) >= 11 is 1.83. The van der Waals surface area contributed by atoms with Crippen molar-refractivity contribution in [2.45, 2.75) is 32.4 Å². The largest absolute Gasteiger partial charge is 0.497 e. The van der Waals surface area contributed by atoms with Gasteiger partial charge < -0.3 is 15.2 Å². The van der Waals surface area contributed by atoms with Gasteiger partial charge in [0.15, 0.2) is 0 Å². The molecule has 4 heteroatoms. The van der Waals surface area contributed by atoms with Gasteiger partial charge in [0.05, 0.1) is 13.2 Å². The van der Waals surface area contributed by atoms with Crippen molar-refractivity contribution in [1.82, 2.24) is 5.32 Å². The Morgan fingerprint density at radius 1 is 1.19 bits per heavy atom. The van der Waals surface area contributed by atoms with Crippen LogP contribution in [0, 0.1) is 0 Å². The van der Waals surface area contributed by atoms with Crippen LogP contribution in [-0.2, 0) is 6.42 Å². The first-order valence-corrected chi connectivity index (χ1v) is 8.09. The van der Waals surface area contributed by atoms with E-state index in [1.54, 1.807) is 7.11 Å². The number of aliphatic hydroxyl groups excluding tert-OH is 1. The van der Waals surface area contributed by atoms with Crippen LogP contribution in [0.15, 0.2) is 36.4 Å². The molecule has 1 aromatic carbocycles. The van der Waals surface area contributed by atoms with Gasteiger partial charge in [0, 0.05) is 22.3 Å². The lowest BCUT2D eigenvalue weighted by Gasteiger charge is -2.16. The van der Waals surface area contributed by atoms with Gasteiger partial charge in [0.25, 0.3) is 0 Å². The first kappa shape index (κ1) is 16.0. The highest BCUT2D eigenvalue weighted by Crippen LogP contribution is 2.24. The zero-order valence-corrected chi connectivity index (χ0v) is 13.6. The zero-order chi connectivity index (χ0) is 15.2. The molecule has 2 atom stereocenters. The molecule has 0 aliphatic heterocycles. The van der Waals surface area contributed by atoms with Gasteiger partial charge in [-0.3, -0.25) is 0 Å². The summed E-state index contributed by atoms with van der Waals surface area (Å²) in [6.45, 7) is 4.83.